The molecular weight excluding hydrogens is 439 g/mol. The van der Waals surface area contributed by atoms with Gasteiger partial charge >= 0.3 is 6.18 Å². The molecule has 1 aliphatic heterocycles. The molecule has 5 nitrogen and oxygen atoms in total. The highest BCUT2D eigenvalue weighted by molar-refractivity contribution is 9.10. The lowest BCUT2D eigenvalue weighted by Gasteiger charge is -2.16. The highest BCUT2D eigenvalue weighted by Gasteiger charge is 2.35. The normalized spacial score (nSPS) is 17.4. The van der Waals surface area contributed by atoms with Crippen LogP contribution >= 0.6 is 15.9 Å². The van der Waals surface area contributed by atoms with Crippen molar-refractivity contribution >= 4 is 39.6 Å². The average Bonchev–Trinajstić information content (AvgIpc) is 3.04. The lowest BCUT2D eigenvalue weighted by molar-refractivity contribution is -0.137. The van der Waals surface area contributed by atoms with Crippen LogP contribution in [0.3, 0.4) is 0 Å². The third-order valence-electron chi connectivity index (χ3n) is 4.28. The topological polar surface area (TPSA) is 61.8 Å². The molecule has 1 fully saturated rings. The number of alkyl halides is 3. The van der Waals surface area contributed by atoms with Crippen LogP contribution in [0, 0.1) is 5.92 Å². The van der Waals surface area contributed by atoms with E-state index in [1.807, 2.05) is 0 Å². The first-order chi connectivity index (χ1) is 13.3. The summed E-state index contributed by atoms with van der Waals surface area (Å²) in [6.45, 7) is 0.182. The molecule has 1 heterocycles. The van der Waals surface area contributed by atoms with Crippen molar-refractivity contribution in [3.05, 3.63) is 64.1 Å². The third-order valence-corrected chi connectivity index (χ3v) is 4.81. The van der Waals surface area contributed by atoms with E-state index in [4.69, 9.17) is 0 Å². The van der Waals surface area contributed by atoms with Gasteiger partial charge in [0, 0.05) is 28.7 Å². The van der Waals surface area contributed by atoms with Gasteiger partial charge in [0.2, 0.25) is 11.8 Å². The molecule has 2 aromatic carbocycles. The summed E-state index contributed by atoms with van der Waals surface area (Å²) in [7, 11) is 0. The summed E-state index contributed by atoms with van der Waals surface area (Å²) < 4.78 is 39.7. The fraction of sp³-hybridized carbons (Fsp3) is 0.211. The smallest absolute Gasteiger partial charge is 0.312 e. The predicted molar refractivity (Wildman–Crippen MR) is 102 cm³/mol. The molecule has 1 atom stereocenters. The number of amides is 2. The molecule has 0 saturated carbocycles. The van der Waals surface area contributed by atoms with Crippen LogP contribution in [0.4, 0.5) is 18.9 Å². The maximum absolute atomic E-state index is 13.0. The summed E-state index contributed by atoms with van der Waals surface area (Å²) in [5, 5.41) is 3.63. The molecule has 0 aliphatic carbocycles. The van der Waals surface area contributed by atoms with Gasteiger partial charge in [-0.1, -0.05) is 34.1 Å². The van der Waals surface area contributed by atoms with Crippen LogP contribution < -0.4 is 10.3 Å². The number of rotatable bonds is 4. The summed E-state index contributed by atoms with van der Waals surface area (Å²) in [5.74, 6) is -1.35. The van der Waals surface area contributed by atoms with Crippen molar-refractivity contribution in [2.75, 3.05) is 11.4 Å². The second-order valence-electron chi connectivity index (χ2n) is 6.20. The Kier molecular flexibility index (Phi) is 5.83. The standard InChI is InChI=1S/C19H15BrF3N3O2/c20-14-5-7-15(8-6-14)26-11-13(9-17(26)27)18(28)25-24-10-12-3-1-2-4-16(12)19(21,22)23/h1-8,10,13H,9,11H2,(H,25,28)/b24-10+. The quantitative estimate of drug-likeness (QED) is 0.562. The van der Waals surface area contributed by atoms with Gasteiger partial charge in [0.25, 0.3) is 0 Å². The Morgan fingerprint density at radius 1 is 1.18 bits per heavy atom. The van der Waals surface area contributed by atoms with Crippen molar-refractivity contribution in [2.45, 2.75) is 12.6 Å². The second kappa shape index (κ2) is 8.14. The van der Waals surface area contributed by atoms with Crippen molar-refractivity contribution in [2.24, 2.45) is 11.0 Å². The van der Waals surface area contributed by atoms with E-state index in [9.17, 15) is 22.8 Å². The average molecular weight is 454 g/mol. The number of carbonyl (C=O) groups is 2. The van der Waals surface area contributed by atoms with Gasteiger partial charge in [0.1, 0.15) is 0 Å². The molecule has 2 amide bonds. The molecule has 0 radical (unpaired) electrons. The number of hydrazone groups is 1. The Morgan fingerprint density at radius 2 is 1.86 bits per heavy atom. The minimum atomic E-state index is -4.52. The maximum atomic E-state index is 13.0. The van der Waals surface area contributed by atoms with Crippen LogP contribution in [0.5, 0.6) is 0 Å². The van der Waals surface area contributed by atoms with E-state index in [0.717, 1.165) is 16.8 Å². The van der Waals surface area contributed by atoms with Gasteiger partial charge < -0.3 is 4.90 Å². The predicted octanol–water partition coefficient (Wildman–Crippen LogP) is 3.97. The van der Waals surface area contributed by atoms with Crippen LogP contribution in [0.15, 0.2) is 58.1 Å². The largest absolute Gasteiger partial charge is 0.417 e. The lowest BCUT2D eigenvalue weighted by atomic mass is 10.1. The Balaban J connectivity index is 1.64. The van der Waals surface area contributed by atoms with E-state index >= 15 is 0 Å². The van der Waals surface area contributed by atoms with Crippen LogP contribution in [0.2, 0.25) is 0 Å². The monoisotopic (exact) mass is 453 g/mol. The highest BCUT2D eigenvalue weighted by atomic mass is 79.9. The summed E-state index contributed by atoms with van der Waals surface area (Å²) in [6.07, 6.45) is -3.56. The van der Waals surface area contributed by atoms with Gasteiger partial charge in [0.15, 0.2) is 0 Å². The van der Waals surface area contributed by atoms with Crippen molar-refractivity contribution in [1.82, 2.24) is 5.43 Å². The molecule has 0 aromatic heterocycles. The molecular formula is C19H15BrF3N3O2. The summed E-state index contributed by atoms with van der Waals surface area (Å²) >= 11 is 3.32. The van der Waals surface area contributed by atoms with Gasteiger partial charge in [-0.2, -0.15) is 18.3 Å². The first-order valence-corrected chi connectivity index (χ1v) is 9.10. The van der Waals surface area contributed by atoms with E-state index in [1.54, 1.807) is 24.3 Å². The summed E-state index contributed by atoms with van der Waals surface area (Å²) in [5.41, 5.74) is 1.90. The van der Waals surface area contributed by atoms with Crippen molar-refractivity contribution in [3.8, 4) is 0 Å². The van der Waals surface area contributed by atoms with Gasteiger partial charge in [0.05, 0.1) is 17.7 Å². The van der Waals surface area contributed by atoms with Crippen LogP contribution in [0.25, 0.3) is 0 Å². The van der Waals surface area contributed by atoms with E-state index in [-0.39, 0.29) is 24.4 Å². The third kappa shape index (κ3) is 4.59. The Bertz CT molecular complexity index is 913. The first kappa shape index (κ1) is 20.1. The SMILES string of the molecule is O=C(N/N=C/c1ccccc1C(F)(F)F)C1CC(=O)N(c2ccc(Br)cc2)C1. The van der Waals surface area contributed by atoms with Crippen molar-refractivity contribution < 1.29 is 22.8 Å². The lowest BCUT2D eigenvalue weighted by Crippen LogP contribution is -2.30. The Hall–Kier alpha value is -2.68. The van der Waals surface area contributed by atoms with E-state index in [0.29, 0.717) is 5.69 Å². The zero-order valence-corrected chi connectivity index (χ0v) is 16.0. The number of carbonyl (C=O) groups excluding carboxylic acids is 2. The molecule has 146 valence electrons. The van der Waals surface area contributed by atoms with E-state index < -0.39 is 23.6 Å². The van der Waals surface area contributed by atoms with Crippen molar-refractivity contribution in [3.63, 3.8) is 0 Å². The minimum Gasteiger partial charge on any atom is -0.312 e. The van der Waals surface area contributed by atoms with Gasteiger partial charge in [-0.05, 0) is 30.3 Å². The molecule has 2 aromatic rings. The molecule has 0 spiro atoms. The number of halogens is 4. The molecule has 1 unspecified atom stereocenters. The Labute approximate surface area is 167 Å². The number of nitrogens with one attached hydrogen (secondary N) is 1. The number of hydrogen-bond acceptors (Lipinski definition) is 3. The van der Waals surface area contributed by atoms with Crippen LogP contribution in [-0.4, -0.2) is 24.6 Å². The minimum absolute atomic E-state index is 0.0105. The number of anilines is 1. The second-order valence-corrected chi connectivity index (χ2v) is 7.12. The van der Waals surface area contributed by atoms with Gasteiger partial charge in [-0.3, -0.25) is 9.59 Å². The summed E-state index contributed by atoms with van der Waals surface area (Å²) in [4.78, 5) is 26.0. The molecule has 1 saturated heterocycles. The maximum Gasteiger partial charge on any atom is 0.417 e. The fourth-order valence-electron chi connectivity index (χ4n) is 2.88. The van der Waals surface area contributed by atoms with Crippen LogP contribution in [-0.2, 0) is 15.8 Å². The molecule has 28 heavy (non-hydrogen) atoms. The molecule has 1 aliphatic rings. The zero-order valence-electron chi connectivity index (χ0n) is 14.4. The fourth-order valence-corrected chi connectivity index (χ4v) is 3.14. The molecule has 3 rings (SSSR count). The van der Waals surface area contributed by atoms with Gasteiger partial charge in [-0.15, -0.1) is 0 Å². The Morgan fingerprint density at radius 3 is 2.54 bits per heavy atom. The van der Waals surface area contributed by atoms with Gasteiger partial charge in [-0.25, -0.2) is 5.43 Å². The highest BCUT2D eigenvalue weighted by Crippen LogP contribution is 2.31. The number of nitrogens with zero attached hydrogens (tertiary/aromatic N) is 2. The molecule has 1 N–H and O–H groups in total. The van der Waals surface area contributed by atoms with E-state index in [1.165, 1.54) is 23.1 Å². The number of hydrogen-bond donors (Lipinski definition) is 1. The number of benzene rings is 2. The summed E-state index contributed by atoms with van der Waals surface area (Å²) in [6, 6.07) is 12.0. The van der Waals surface area contributed by atoms with Crippen molar-refractivity contribution in [1.29, 1.82) is 0 Å². The first-order valence-electron chi connectivity index (χ1n) is 8.31. The molecule has 9 heteroatoms. The van der Waals surface area contributed by atoms with E-state index in [2.05, 4.69) is 26.5 Å². The van der Waals surface area contributed by atoms with Crippen LogP contribution in [0.1, 0.15) is 17.5 Å². The zero-order chi connectivity index (χ0) is 20.3. The molecule has 0 bridgehead atoms.